The third kappa shape index (κ3) is 2.55. The van der Waals surface area contributed by atoms with Crippen LogP contribution >= 0.6 is 0 Å². The topological polar surface area (TPSA) is 35.6 Å². The van der Waals surface area contributed by atoms with E-state index in [0.717, 1.165) is 38.8 Å². The van der Waals surface area contributed by atoms with E-state index >= 15 is 0 Å². The van der Waals surface area contributed by atoms with Gasteiger partial charge in [-0.2, -0.15) is 0 Å². The Morgan fingerprint density at radius 3 is 2.69 bits per heavy atom. The van der Waals surface area contributed by atoms with Crippen LogP contribution in [0.4, 0.5) is 0 Å². The van der Waals surface area contributed by atoms with Gasteiger partial charge in [0.25, 0.3) is 0 Å². The number of rotatable bonds is 6. The molecule has 1 amide bonds. The number of amides is 1. The Labute approximate surface area is 98.0 Å². The van der Waals surface area contributed by atoms with Crippen molar-refractivity contribution in [2.45, 2.75) is 45.2 Å². The fourth-order valence-electron chi connectivity index (χ4n) is 2.40. The monoisotopic (exact) mass is 225 g/mol. The van der Waals surface area contributed by atoms with Crippen molar-refractivity contribution in [2.24, 2.45) is 0 Å². The smallest absolute Gasteiger partial charge is 0.240 e. The Morgan fingerprint density at radius 2 is 2.19 bits per heavy atom. The Hall–Kier alpha value is -0.610. The number of nitrogens with one attached hydrogen (secondary N) is 1. The minimum atomic E-state index is 0.0657. The summed E-state index contributed by atoms with van der Waals surface area (Å²) in [5, 5.41) is 3.25. The first-order chi connectivity index (χ1) is 7.76. The predicted molar refractivity (Wildman–Crippen MR) is 64.1 cm³/mol. The third-order valence-electron chi connectivity index (χ3n) is 3.67. The van der Waals surface area contributed by atoms with Crippen LogP contribution in [0, 0.1) is 0 Å². The second-order valence-corrected chi connectivity index (χ2v) is 4.78. The first-order valence-corrected chi connectivity index (χ1v) is 6.52. The lowest BCUT2D eigenvalue weighted by Gasteiger charge is -2.23. The van der Waals surface area contributed by atoms with Gasteiger partial charge in [-0.05, 0) is 25.8 Å². The molecule has 1 atom stereocenters. The molecule has 1 saturated carbocycles. The standard InChI is InChI=1S/C12H23N3O/c1-3-11-12(16)15(9-13-11)8-7-14(4-2)10-5-6-10/h10-11,13H,3-9H2,1-2H3. The molecular weight excluding hydrogens is 202 g/mol. The highest BCUT2D eigenvalue weighted by atomic mass is 16.2. The Morgan fingerprint density at radius 1 is 1.44 bits per heavy atom. The van der Waals surface area contributed by atoms with E-state index in [4.69, 9.17) is 0 Å². The van der Waals surface area contributed by atoms with Crippen molar-refractivity contribution in [3.05, 3.63) is 0 Å². The molecule has 0 aromatic carbocycles. The molecule has 1 aliphatic heterocycles. The minimum Gasteiger partial charge on any atom is -0.327 e. The molecule has 1 saturated heterocycles. The highest BCUT2D eigenvalue weighted by Gasteiger charge is 2.31. The van der Waals surface area contributed by atoms with Crippen molar-refractivity contribution < 1.29 is 4.79 Å². The van der Waals surface area contributed by atoms with Gasteiger partial charge in [-0.25, -0.2) is 0 Å². The summed E-state index contributed by atoms with van der Waals surface area (Å²) in [7, 11) is 0. The lowest BCUT2D eigenvalue weighted by molar-refractivity contribution is -0.129. The van der Waals surface area contributed by atoms with Crippen molar-refractivity contribution >= 4 is 5.91 Å². The van der Waals surface area contributed by atoms with Crippen LogP contribution in [0.25, 0.3) is 0 Å². The molecule has 92 valence electrons. The lowest BCUT2D eigenvalue weighted by atomic mass is 10.2. The van der Waals surface area contributed by atoms with E-state index in [9.17, 15) is 4.79 Å². The molecule has 0 radical (unpaired) electrons. The molecule has 16 heavy (non-hydrogen) atoms. The Kier molecular flexibility index (Phi) is 3.82. The SMILES string of the molecule is CCC1NCN(CCN(CC)C2CC2)C1=O. The number of nitrogens with zero attached hydrogens (tertiary/aromatic N) is 2. The summed E-state index contributed by atoms with van der Waals surface area (Å²) in [5.74, 6) is 0.286. The van der Waals surface area contributed by atoms with Gasteiger partial charge in [0.2, 0.25) is 5.91 Å². The van der Waals surface area contributed by atoms with Gasteiger partial charge in [0.1, 0.15) is 0 Å². The largest absolute Gasteiger partial charge is 0.327 e. The molecule has 2 rings (SSSR count). The van der Waals surface area contributed by atoms with Gasteiger partial charge in [-0.15, -0.1) is 0 Å². The Balaban J connectivity index is 1.75. The number of hydrogen-bond donors (Lipinski definition) is 1. The van der Waals surface area contributed by atoms with Crippen molar-refractivity contribution in [1.29, 1.82) is 0 Å². The third-order valence-corrected chi connectivity index (χ3v) is 3.67. The zero-order valence-electron chi connectivity index (χ0n) is 10.4. The fourth-order valence-corrected chi connectivity index (χ4v) is 2.40. The summed E-state index contributed by atoms with van der Waals surface area (Å²) in [6.07, 6.45) is 3.59. The molecular formula is C12H23N3O. The number of carbonyl (C=O) groups is 1. The second-order valence-electron chi connectivity index (χ2n) is 4.78. The maximum Gasteiger partial charge on any atom is 0.240 e. The first-order valence-electron chi connectivity index (χ1n) is 6.52. The van der Waals surface area contributed by atoms with Gasteiger partial charge in [0.15, 0.2) is 0 Å². The van der Waals surface area contributed by atoms with E-state index in [1.165, 1.54) is 12.8 Å². The summed E-state index contributed by atoms with van der Waals surface area (Å²) in [5.41, 5.74) is 0. The van der Waals surface area contributed by atoms with Crippen molar-refractivity contribution in [2.75, 3.05) is 26.3 Å². The van der Waals surface area contributed by atoms with Gasteiger partial charge in [0.05, 0.1) is 12.7 Å². The van der Waals surface area contributed by atoms with Crippen LogP contribution in [0.15, 0.2) is 0 Å². The van der Waals surface area contributed by atoms with Crippen molar-refractivity contribution in [3.63, 3.8) is 0 Å². The van der Waals surface area contributed by atoms with Gasteiger partial charge < -0.3 is 4.90 Å². The second kappa shape index (κ2) is 5.15. The van der Waals surface area contributed by atoms with E-state index in [0.29, 0.717) is 0 Å². The van der Waals surface area contributed by atoms with Crippen LogP contribution < -0.4 is 5.32 Å². The summed E-state index contributed by atoms with van der Waals surface area (Å²) in [4.78, 5) is 16.3. The molecule has 1 aliphatic carbocycles. The average Bonchev–Trinajstić information content (AvgIpc) is 3.06. The summed E-state index contributed by atoms with van der Waals surface area (Å²) in [6, 6.07) is 0.869. The van der Waals surface area contributed by atoms with Crippen LogP contribution in [0.5, 0.6) is 0 Å². The Bertz CT molecular complexity index is 253. The molecule has 0 bridgehead atoms. The summed E-state index contributed by atoms with van der Waals surface area (Å²) >= 11 is 0. The fraction of sp³-hybridized carbons (Fsp3) is 0.917. The van der Waals surface area contributed by atoms with Crippen molar-refractivity contribution in [3.8, 4) is 0 Å². The zero-order chi connectivity index (χ0) is 11.5. The molecule has 4 heteroatoms. The summed E-state index contributed by atoms with van der Waals surface area (Å²) < 4.78 is 0. The lowest BCUT2D eigenvalue weighted by Crippen LogP contribution is -2.38. The van der Waals surface area contributed by atoms with Crippen LogP contribution in [-0.2, 0) is 4.79 Å². The van der Waals surface area contributed by atoms with Gasteiger partial charge in [-0.1, -0.05) is 13.8 Å². The van der Waals surface area contributed by atoms with E-state index in [1.807, 2.05) is 4.90 Å². The van der Waals surface area contributed by atoms with E-state index in [-0.39, 0.29) is 11.9 Å². The normalized spacial score (nSPS) is 25.8. The molecule has 1 unspecified atom stereocenters. The van der Waals surface area contributed by atoms with Gasteiger partial charge >= 0.3 is 0 Å². The average molecular weight is 225 g/mol. The maximum absolute atomic E-state index is 11.9. The molecule has 0 spiro atoms. The number of hydrogen-bond acceptors (Lipinski definition) is 3. The highest BCUT2D eigenvalue weighted by Crippen LogP contribution is 2.26. The molecule has 1 heterocycles. The number of carbonyl (C=O) groups excluding carboxylic acids is 1. The van der Waals surface area contributed by atoms with Crippen LogP contribution in [0.3, 0.4) is 0 Å². The van der Waals surface area contributed by atoms with Gasteiger partial charge in [-0.3, -0.25) is 15.0 Å². The van der Waals surface area contributed by atoms with Gasteiger partial charge in [0, 0.05) is 19.1 Å². The van der Waals surface area contributed by atoms with Crippen LogP contribution in [-0.4, -0.2) is 54.1 Å². The maximum atomic E-state index is 11.9. The molecule has 4 nitrogen and oxygen atoms in total. The summed E-state index contributed by atoms with van der Waals surface area (Å²) in [6.45, 7) is 8.02. The highest BCUT2D eigenvalue weighted by molar-refractivity contribution is 5.83. The van der Waals surface area contributed by atoms with Crippen LogP contribution in [0.2, 0.25) is 0 Å². The molecule has 2 fully saturated rings. The predicted octanol–water partition coefficient (Wildman–Crippen LogP) is 0.639. The quantitative estimate of drug-likeness (QED) is 0.720. The number of likely N-dealkylation sites (N-methyl/N-ethyl adjacent to an activating group) is 1. The van der Waals surface area contributed by atoms with E-state index in [2.05, 4.69) is 24.1 Å². The first kappa shape index (κ1) is 11.9. The van der Waals surface area contributed by atoms with Crippen LogP contribution in [0.1, 0.15) is 33.1 Å². The molecule has 0 aromatic heterocycles. The minimum absolute atomic E-state index is 0.0657. The molecule has 2 aliphatic rings. The van der Waals surface area contributed by atoms with Crippen molar-refractivity contribution in [1.82, 2.24) is 15.1 Å². The van der Waals surface area contributed by atoms with E-state index in [1.54, 1.807) is 0 Å². The molecule has 1 N–H and O–H groups in total. The molecule has 0 aromatic rings. The zero-order valence-corrected chi connectivity index (χ0v) is 10.4. The van der Waals surface area contributed by atoms with E-state index < -0.39 is 0 Å².